The van der Waals surface area contributed by atoms with Crippen LogP contribution in [0.5, 0.6) is 0 Å². The molecule has 0 aromatic heterocycles. The second-order valence-electron chi connectivity index (χ2n) is 3.96. The number of nitrogens with one attached hydrogen (secondary N) is 1. The van der Waals surface area contributed by atoms with E-state index >= 15 is 0 Å². The van der Waals surface area contributed by atoms with E-state index in [1.807, 2.05) is 0 Å². The number of hydrogen-bond acceptors (Lipinski definition) is 3. The fraction of sp³-hybridized carbons (Fsp3) is 0.700. The molecular weight excluding hydrogens is 182 g/mol. The Hall–Kier alpha value is -1.03. The smallest absolute Gasteiger partial charge is 0.329 e. The number of carbonyl (C=O) groups is 1. The summed E-state index contributed by atoms with van der Waals surface area (Å²) in [5.41, 5.74) is 0.110. The fourth-order valence-electron chi connectivity index (χ4n) is 0.932. The Bertz CT molecular complexity index is 200. The molecule has 0 saturated carbocycles. The first kappa shape index (κ1) is 13.0. The van der Waals surface area contributed by atoms with Crippen molar-refractivity contribution in [3.05, 3.63) is 12.3 Å². The summed E-state index contributed by atoms with van der Waals surface area (Å²) >= 11 is 0. The molecule has 0 aromatic rings. The van der Waals surface area contributed by atoms with Crippen LogP contribution in [-0.2, 0) is 9.53 Å². The Morgan fingerprint density at radius 3 is 2.71 bits per heavy atom. The van der Waals surface area contributed by atoms with E-state index in [1.54, 1.807) is 7.11 Å². The van der Waals surface area contributed by atoms with E-state index in [0.29, 0.717) is 0 Å². The lowest BCUT2D eigenvalue weighted by Crippen LogP contribution is -2.27. The maximum atomic E-state index is 10.1. The molecule has 0 fully saturated rings. The Balaban J connectivity index is 3.69. The largest absolute Gasteiger partial charge is 0.478 e. The van der Waals surface area contributed by atoms with Crippen molar-refractivity contribution < 1.29 is 14.6 Å². The Kier molecular flexibility index (Phi) is 5.95. The van der Waals surface area contributed by atoms with Crippen LogP contribution in [0, 0.1) is 5.41 Å². The lowest BCUT2D eigenvalue weighted by Gasteiger charge is -2.23. The van der Waals surface area contributed by atoms with Gasteiger partial charge in [-0.2, -0.15) is 0 Å². The molecular formula is C10H19NO3. The van der Waals surface area contributed by atoms with Gasteiger partial charge in [0.05, 0.1) is 0 Å². The Morgan fingerprint density at radius 2 is 2.21 bits per heavy atom. The minimum Gasteiger partial charge on any atom is -0.478 e. The van der Waals surface area contributed by atoms with Crippen LogP contribution in [0.4, 0.5) is 0 Å². The van der Waals surface area contributed by atoms with Crippen LogP contribution >= 0.6 is 0 Å². The van der Waals surface area contributed by atoms with Crippen LogP contribution in [0.15, 0.2) is 12.3 Å². The van der Waals surface area contributed by atoms with Crippen molar-refractivity contribution >= 4 is 5.97 Å². The Morgan fingerprint density at radius 1 is 1.57 bits per heavy atom. The molecule has 4 nitrogen and oxygen atoms in total. The molecule has 0 unspecified atom stereocenters. The second-order valence-corrected chi connectivity index (χ2v) is 3.96. The van der Waals surface area contributed by atoms with Gasteiger partial charge in [-0.25, -0.2) is 4.79 Å². The first-order chi connectivity index (χ1) is 6.48. The van der Waals surface area contributed by atoms with Crippen molar-refractivity contribution in [3.63, 3.8) is 0 Å². The molecule has 0 aliphatic heterocycles. The highest BCUT2D eigenvalue weighted by atomic mass is 16.5. The topological polar surface area (TPSA) is 58.6 Å². The van der Waals surface area contributed by atoms with Gasteiger partial charge in [-0.1, -0.05) is 13.8 Å². The molecule has 0 bridgehead atoms. The minimum atomic E-state index is -0.938. The molecule has 0 aliphatic rings. The zero-order valence-corrected chi connectivity index (χ0v) is 9.04. The predicted octanol–water partition coefficient (Wildman–Crippen LogP) is 1.24. The molecule has 2 N–H and O–H groups in total. The van der Waals surface area contributed by atoms with Crippen LogP contribution in [0.3, 0.4) is 0 Å². The summed E-state index contributed by atoms with van der Waals surface area (Å²) in [7, 11) is 1.67. The number of rotatable bonds is 7. The second kappa shape index (κ2) is 6.43. The van der Waals surface area contributed by atoms with Gasteiger partial charge >= 0.3 is 5.97 Å². The first-order valence-corrected chi connectivity index (χ1v) is 4.60. The average molecular weight is 201 g/mol. The zero-order chi connectivity index (χ0) is 11.0. The highest BCUT2D eigenvalue weighted by Gasteiger charge is 2.15. The van der Waals surface area contributed by atoms with Gasteiger partial charge in [0.2, 0.25) is 0 Å². The summed E-state index contributed by atoms with van der Waals surface area (Å²) in [5, 5.41) is 11.3. The fourth-order valence-corrected chi connectivity index (χ4v) is 0.932. The van der Waals surface area contributed by atoms with Crippen molar-refractivity contribution in [2.75, 3.05) is 20.3 Å². The van der Waals surface area contributed by atoms with Gasteiger partial charge in [-0.3, -0.25) is 0 Å². The Labute approximate surface area is 85.0 Å². The van der Waals surface area contributed by atoms with Gasteiger partial charge in [0, 0.05) is 32.5 Å². The van der Waals surface area contributed by atoms with Crippen LogP contribution in [0.1, 0.15) is 20.3 Å². The first-order valence-electron chi connectivity index (χ1n) is 4.60. The number of hydrogen-bond donors (Lipinski definition) is 2. The van der Waals surface area contributed by atoms with E-state index in [1.165, 1.54) is 6.20 Å². The van der Waals surface area contributed by atoms with Crippen molar-refractivity contribution in [1.82, 2.24) is 5.32 Å². The molecule has 0 radical (unpaired) electrons. The average Bonchev–Trinajstić information content (AvgIpc) is 2.09. The van der Waals surface area contributed by atoms with E-state index in [0.717, 1.165) is 25.6 Å². The van der Waals surface area contributed by atoms with Gasteiger partial charge in [0.25, 0.3) is 0 Å². The monoisotopic (exact) mass is 201 g/mol. The quantitative estimate of drug-likeness (QED) is 0.608. The van der Waals surface area contributed by atoms with Crippen LogP contribution < -0.4 is 5.32 Å². The highest BCUT2D eigenvalue weighted by Crippen LogP contribution is 2.18. The molecule has 82 valence electrons. The standard InChI is InChI=1S/C10H19NO3/c1-10(2,5-7-14-3)8-11-6-4-9(12)13/h4,6,11H,5,7-8H2,1-3H3,(H,12,13)/b6-4+. The molecule has 0 aliphatic carbocycles. The van der Waals surface area contributed by atoms with Crippen molar-refractivity contribution in [2.45, 2.75) is 20.3 Å². The molecule has 0 rings (SSSR count). The van der Waals surface area contributed by atoms with Gasteiger partial charge < -0.3 is 15.2 Å². The maximum absolute atomic E-state index is 10.1. The number of carboxylic acid groups (broad SMARTS) is 1. The summed E-state index contributed by atoms with van der Waals surface area (Å²) in [6.07, 6.45) is 3.49. The molecule has 0 saturated heterocycles. The van der Waals surface area contributed by atoms with Gasteiger partial charge in [-0.05, 0) is 11.8 Å². The molecule has 0 atom stereocenters. The molecule has 0 amide bonds. The van der Waals surface area contributed by atoms with Crippen LogP contribution in [0.2, 0.25) is 0 Å². The van der Waals surface area contributed by atoms with E-state index in [-0.39, 0.29) is 5.41 Å². The maximum Gasteiger partial charge on any atom is 0.329 e. The zero-order valence-electron chi connectivity index (χ0n) is 9.04. The number of aliphatic carboxylic acids is 1. The van der Waals surface area contributed by atoms with E-state index < -0.39 is 5.97 Å². The van der Waals surface area contributed by atoms with Crippen LogP contribution in [0.25, 0.3) is 0 Å². The third kappa shape index (κ3) is 7.61. The lowest BCUT2D eigenvalue weighted by atomic mass is 9.90. The number of methoxy groups -OCH3 is 1. The van der Waals surface area contributed by atoms with Crippen molar-refractivity contribution in [3.8, 4) is 0 Å². The van der Waals surface area contributed by atoms with Gasteiger partial charge in [-0.15, -0.1) is 0 Å². The summed E-state index contributed by atoms with van der Waals surface area (Å²) in [6, 6.07) is 0. The summed E-state index contributed by atoms with van der Waals surface area (Å²) in [6.45, 7) is 5.67. The molecule has 0 spiro atoms. The SMILES string of the molecule is COCCC(C)(C)CN/C=C/C(=O)O. The highest BCUT2D eigenvalue weighted by molar-refractivity contribution is 5.79. The van der Waals surface area contributed by atoms with Gasteiger partial charge in [0.15, 0.2) is 0 Å². The number of carboxylic acids is 1. The van der Waals surface area contributed by atoms with E-state index in [9.17, 15) is 4.79 Å². The molecule has 14 heavy (non-hydrogen) atoms. The van der Waals surface area contributed by atoms with Gasteiger partial charge in [0.1, 0.15) is 0 Å². The number of ether oxygens (including phenoxy) is 1. The third-order valence-corrected chi connectivity index (χ3v) is 1.91. The predicted molar refractivity (Wildman–Crippen MR) is 55.1 cm³/mol. The normalized spacial score (nSPS) is 11.9. The minimum absolute atomic E-state index is 0.110. The van der Waals surface area contributed by atoms with Crippen LogP contribution in [-0.4, -0.2) is 31.3 Å². The molecule has 0 aromatic carbocycles. The lowest BCUT2D eigenvalue weighted by molar-refractivity contribution is -0.131. The van der Waals surface area contributed by atoms with E-state index in [4.69, 9.17) is 9.84 Å². The van der Waals surface area contributed by atoms with Crippen molar-refractivity contribution in [1.29, 1.82) is 0 Å². The third-order valence-electron chi connectivity index (χ3n) is 1.91. The summed E-state index contributed by atoms with van der Waals surface area (Å²) < 4.78 is 4.98. The summed E-state index contributed by atoms with van der Waals surface area (Å²) in [5.74, 6) is -0.938. The van der Waals surface area contributed by atoms with E-state index in [2.05, 4.69) is 19.2 Å². The molecule has 0 heterocycles. The van der Waals surface area contributed by atoms with Crippen molar-refractivity contribution in [2.24, 2.45) is 5.41 Å². The summed E-state index contributed by atoms with van der Waals surface area (Å²) in [4.78, 5) is 10.1. The molecule has 4 heteroatoms.